The number of nitrogens with zero attached hydrogens (tertiary/aromatic N) is 5. The van der Waals surface area contributed by atoms with Gasteiger partial charge in [0.15, 0.2) is 5.75 Å². The minimum atomic E-state index is -6.00. The minimum Gasteiger partial charge on any atom is -0.506 e. The van der Waals surface area contributed by atoms with Crippen LogP contribution in [0.15, 0.2) is 140 Å². The van der Waals surface area contributed by atoms with Gasteiger partial charge in [-0.2, -0.15) is 46.9 Å². The molecule has 7 aromatic rings. The van der Waals surface area contributed by atoms with E-state index in [-0.39, 0.29) is 18.7 Å². The van der Waals surface area contributed by atoms with Crippen molar-refractivity contribution >= 4 is 57.7 Å². The molecule has 0 saturated carbocycles. The topological polar surface area (TPSA) is 187 Å². The third-order valence-corrected chi connectivity index (χ3v) is 12.0. The molecule has 0 spiro atoms. The van der Waals surface area contributed by atoms with Crippen molar-refractivity contribution < 1.29 is 60.9 Å². The molecule has 22 heteroatoms. The maximum atomic E-state index is 12.6. The third-order valence-electron chi connectivity index (χ3n) is 7.63. The van der Waals surface area contributed by atoms with E-state index >= 15 is 0 Å². The summed E-state index contributed by atoms with van der Waals surface area (Å²) in [5, 5.41) is 11.1. The average molecular weight is 896 g/mol. The van der Waals surface area contributed by atoms with E-state index in [9.17, 15) is 56.7 Å². The van der Waals surface area contributed by atoms with Crippen molar-refractivity contribution in [2.45, 2.75) is 18.4 Å². The molecular formula is C38H31F6N5O8S3. The smallest absolute Gasteiger partial charge is 0.506 e. The number of aromatic nitrogens is 4. The first-order chi connectivity index (χ1) is 27.6. The maximum Gasteiger partial charge on any atom is 0.534 e. The van der Waals surface area contributed by atoms with Gasteiger partial charge in [0.05, 0.1) is 11.9 Å². The summed E-state index contributed by atoms with van der Waals surface area (Å²) in [6.45, 7) is 0. The second kappa shape index (κ2) is 18.3. The fraction of sp³-hybridized carbons (Fsp3) is 0.105. The van der Waals surface area contributed by atoms with E-state index in [0.717, 1.165) is 35.0 Å². The Balaban J connectivity index is 0.000000201. The minimum absolute atomic E-state index is 0. The van der Waals surface area contributed by atoms with Crippen LogP contribution in [0.3, 0.4) is 0 Å². The number of alkyl halides is 6. The monoisotopic (exact) mass is 895 g/mol. The molecule has 0 unspecified atom stereocenters. The highest BCUT2D eigenvalue weighted by molar-refractivity contribution is 8.10. The summed E-state index contributed by atoms with van der Waals surface area (Å²) in [5.41, 5.74) is -8.10. The van der Waals surface area contributed by atoms with E-state index in [1.165, 1.54) is 36.8 Å². The first-order valence-electron chi connectivity index (χ1n) is 16.2. The molecular weight excluding hydrogens is 865 g/mol. The number of fused-ring (bicyclic) bond motifs is 2. The van der Waals surface area contributed by atoms with Gasteiger partial charge in [0.1, 0.15) is 29.4 Å². The number of para-hydroxylation sites is 1. The molecule has 0 atom stereocenters. The van der Waals surface area contributed by atoms with E-state index in [2.05, 4.69) is 24.1 Å². The summed E-state index contributed by atoms with van der Waals surface area (Å²) < 4.78 is 146. The zero-order valence-corrected chi connectivity index (χ0v) is 32.3. The maximum absolute atomic E-state index is 12.6. The number of aromatic hydroxyl groups is 1. The number of hydrogen-bond acceptors (Lipinski definition) is 12. The molecule has 0 aliphatic heterocycles. The van der Waals surface area contributed by atoms with Gasteiger partial charge >= 0.3 is 31.2 Å². The normalized spacial score (nSPS) is 11.9. The molecule has 0 fully saturated rings. The molecule has 2 aromatic heterocycles. The third kappa shape index (κ3) is 10.8. The van der Waals surface area contributed by atoms with E-state index in [1.807, 2.05) is 36.4 Å². The molecule has 1 N–H and O–H groups in total. The predicted octanol–water partition coefficient (Wildman–Crippen LogP) is 8.47. The summed E-state index contributed by atoms with van der Waals surface area (Å²) in [6.07, 6.45) is 5.97. The SMILES string of the molecule is C.CS(=O)(=O)N(c1ccccc1)S(=O)(=O)C(F)(F)F.O=S(=O)(Oc1cc(-c2ccccc2)cc2cncnc12)C(F)(F)F.Oc1cc(-c2ccccc2)cc2cncnc12. The molecule has 2 heterocycles. The molecule has 0 bridgehead atoms. The van der Waals surface area contributed by atoms with Crippen molar-refractivity contribution in [1.82, 2.24) is 19.9 Å². The van der Waals surface area contributed by atoms with Crippen molar-refractivity contribution in [3.63, 3.8) is 0 Å². The Kier molecular flexibility index (Phi) is 14.1. The quantitative estimate of drug-likeness (QED) is 0.0915. The zero-order valence-electron chi connectivity index (χ0n) is 29.8. The lowest BCUT2D eigenvalue weighted by Crippen LogP contribution is -2.44. The lowest BCUT2D eigenvalue weighted by atomic mass is 10.0. The molecule has 0 amide bonds. The van der Waals surface area contributed by atoms with Crippen LogP contribution < -0.4 is 7.89 Å². The van der Waals surface area contributed by atoms with Gasteiger partial charge in [-0.15, -0.1) is 0 Å². The van der Waals surface area contributed by atoms with Gasteiger partial charge in [0, 0.05) is 23.2 Å². The van der Waals surface area contributed by atoms with Crippen LogP contribution in [0.25, 0.3) is 44.1 Å². The van der Waals surface area contributed by atoms with Crippen molar-refractivity contribution in [3.05, 3.63) is 140 Å². The van der Waals surface area contributed by atoms with Gasteiger partial charge in [-0.25, -0.2) is 28.4 Å². The Labute approximate surface area is 339 Å². The molecule has 0 saturated heterocycles. The van der Waals surface area contributed by atoms with Crippen LogP contribution in [-0.2, 0) is 30.2 Å². The van der Waals surface area contributed by atoms with E-state index < -0.39 is 56.3 Å². The first kappa shape index (κ1) is 46.3. The zero-order chi connectivity index (χ0) is 43.2. The average Bonchev–Trinajstić information content (AvgIpc) is 3.18. The molecule has 0 radical (unpaired) electrons. The number of rotatable bonds is 7. The number of anilines is 1. The molecule has 5 aromatic carbocycles. The van der Waals surface area contributed by atoms with Crippen LogP contribution in [-0.4, -0.2) is 67.6 Å². The summed E-state index contributed by atoms with van der Waals surface area (Å²) in [5.74, 6) is -0.324. The van der Waals surface area contributed by atoms with Gasteiger partial charge in [-0.3, -0.25) is 0 Å². The van der Waals surface area contributed by atoms with Crippen molar-refractivity contribution in [3.8, 4) is 33.8 Å². The Morgan fingerprint density at radius 1 is 0.583 bits per heavy atom. The van der Waals surface area contributed by atoms with Gasteiger partial charge in [0.25, 0.3) is 0 Å². The van der Waals surface area contributed by atoms with Gasteiger partial charge in [0.2, 0.25) is 10.0 Å². The van der Waals surface area contributed by atoms with Crippen molar-refractivity contribution in [2.24, 2.45) is 0 Å². The van der Waals surface area contributed by atoms with E-state index in [0.29, 0.717) is 28.3 Å². The molecule has 316 valence electrons. The highest BCUT2D eigenvalue weighted by Crippen LogP contribution is 2.36. The molecule has 0 aliphatic carbocycles. The lowest BCUT2D eigenvalue weighted by Gasteiger charge is -2.22. The number of benzene rings is 5. The highest BCUT2D eigenvalue weighted by atomic mass is 32.3. The Bertz CT molecular complexity index is 2910. The largest absolute Gasteiger partial charge is 0.534 e. The number of hydrogen-bond donors (Lipinski definition) is 1. The Morgan fingerprint density at radius 3 is 1.47 bits per heavy atom. The molecule has 13 nitrogen and oxygen atoms in total. The van der Waals surface area contributed by atoms with Crippen LogP contribution >= 0.6 is 0 Å². The second-order valence-electron chi connectivity index (χ2n) is 11.9. The fourth-order valence-corrected chi connectivity index (χ4v) is 8.36. The highest BCUT2D eigenvalue weighted by Gasteiger charge is 2.53. The number of phenolic OH excluding ortho intramolecular Hbond substituents is 1. The fourth-order valence-electron chi connectivity index (χ4n) is 5.13. The van der Waals surface area contributed by atoms with Gasteiger partial charge < -0.3 is 9.29 Å². The lowest BCUT2D eigenvalue weighted by molar-refractivity contribution is -0.0500. The van der Waals surface area contributed by atoms with Crippen LogP contribution in [0, 0.1) is 0 Å². The summed E-state index contributed by atoms with van der Waals surface area (Å²) in [4.78, 5) is 15.6. The van der Waals surface area contributed by atoms with E-state index in [4.69, 9.17) is 0 Å². The number of phenols is 1. The molecule has 0 aliphatic rings. The Morgan fingerprint density at radius 2 is 1.02 bits per heavy atom. The van der Waals surface area contributed by atoms with Crippen molar-refractivity contribution in [2.75, 3.05) is 9.97 Å². The standard InChI is InChI=1S/C15H9F3N2O3S.C14H10N2O.C8H8F3NO4S2.CH4/c16-15(17,18)24(21,22)23-13-7-11(10-4-2-1-3-5-10)6-12-8-19-9-20-14(12)13;17-13-7-11(10-4-2-1-3-5-10)6-12-8-15-9-16-14(12)13;1-17(13,14)12(7-5-3-2-4-6-7)18(15,16)8(9,10)11;/h1-9H;1-9,17H;2-6H,1H3;1H4. The molecule has 7 rings (SSSR count). The van der Waals surface area contributed by atoms with Crippen LogP contribution in [0.2, 0.25) is 0 Å². The predicted molar refractivity (Wildman–Crippen MR) is 213 cm³/mol. The Hall–Kier alpha value is -6.39. The second-order valence-corrected chi connectivity index (χ2v) is 17.2. The van der Waals surface area contributed by atoms with Crippen LogP contribution in [0.4, 0.5) is 32.0 Å². The van der Waals surface area contributed by atoms with Gasteiger partial charge in [-0.1, -0.05) is 86.3 Å². The van der Waals surface area contributed by atoms with Crippen molar-refractivity contribution in [1.29, 1.82) is 0 Å². The summed E-state index contributed by atoms with van der Waals surface area (Å²) >= 11 is 0. The first-order valence-corrected chi connectivity index (χ1v) is 20.9. The number of sulfonamides is 2. The summed E-state index contributed by atoms with van der Waals surface area (Å²) in [6, 6.07) is 30.9. The molecule has 60 heavy (non-hydrogen) atoms. The van der Waals surface area contributed by atoms with Gasteiger partial charge in [-0.05, 0) is 58.7 Å². The summed E-state index contributed by atoms with van der Waals surface area (Å²) in [7, 11) is -16.4. The van der Waals surface area contributed by atoms with E-state index in [1.54, 1.807) is 48.7 Å². The number of halogens is 6. The van der Waals surface area contributed by atoms with Crippen LogP contribution in [0.5, 0.6) is 11.5 Å². The van der Waals surface area contributed by atoms with Crippen LogP contribution in [0.1, 0.15) is 7.43 Å².